The van der Waals surface area contributed by atoms with Crippen LogP contribution >= 0.6 is 0 Å². The predicted molar refractivity (Wildman–Crippen MR) is 52.2 cm³/mol. The normalized spacial score (nSPS) is 14.5. The van der Waals surface area contributed by atoms with E-state index in [1.54, 1.807) is 0 Å². The topological polar surface area (TPSA) is 115 Å². The zero-order valence-electron chi connectivity index (χ0n) is 7.86. The molecule has 0 saturated carbocycles. The van der Waals surface area contributed by atoms with Crippen LogP contribution in [0.3, 0.4) is 0 Å². The maximum absolute atomic E-state index is 11.1. The molecule has 0 aliphatic carbocycles. The summed E-state index contributed by atoms with van der Waals surface area (Å²) in [6.07, 6.45) is 1.80. The molecule has 0 rings (SSSR count). The Labute approximate surface area is 85.0 Å². The van der Waals surface area contributed by atoms with Crippen molar-refractivity contribution in [2.45, 2.75) is 12.5 Å². The average molecular weight is 222 g/mol. The number of amides is 1. The third kappa shape index (κ3) is 6.70. The third-order valence-electron chi connectivity index (χ3n) is 1.47. The van der Waals surface area contributed by atoms with Crippen LogP contribution in [0.1, 0.15) is 6.42 Å². The fourth-order valence-corrected chi connectivity index (χ4v) is 1.30. The van der Waals surface area contributed by atoms with E-state index in [9.17, 15) is 14.1 Å². The van der Waals surface area contributed by atoms with E-state index >= 15 is 0 Å². The van der Waals surface area contributed by atoms with Gasteiger partial charge >= 0.3 is 5.97 Å². The number of carbonyl (C=O) groups excluding carboxylic acids is 1. The fourth-order valence-electron chi connectivity index (χ4n) is 0.718. The van der Waals surface area contributed by atoms with Crippen LogP contribution in [0.4, 0.5) is 0 Å². The zero-order chi connectivity index (χ0) is 11.1. The molecule has 0 bridgehead atoms. The molecule has 82 valence electrons. The summed E-state index contributed by atoms with van der Waals surface area (Å²) < 4.78 is 10.7. The van der Waals surface area contributed by atoms with Crippen LogP contribution in [0.5, 0.6) is 0 Å². The molecule has 0 aromatic heterocycles. The second kappa shape index (κ2) is 6.63. The lowest BCUT2D eigenvalue weighted by Crippen LogP contribution is -2.43. The average Bonchev–Trinajstić information content (AvgIpc) is 2.09. The number of rotatable bonds is 6. The summed E-state index contributed by atoms with van der Waals surface area (Å²) in [7, 11) is 0. The summed E-state index contributed by atoms with van der Waals surface area (Å²) in [6, 6.07) is -0.793. The van der Waals surface area contributed by atoms with Gasteiger partial charge in [-0.15, -0.1) is 0 Å². The Morgan fingerprint density at radius 3 is 2.64 bits per heavy atom. The molecule has 0 fully saturated rings. The molecule has 0 radical (unpaired) electrons. The van der Waals surface area contributed by atoms with Crippen molar-refractivity contribution in [2.24, 2.45) is 5.73 Å². The minimum absolute atomic E-state index is 0.286. The van der Waals surface area contributed by atoms with E-state index in [-0.39, 0.29) is 6.42 Å². The van der Waals surface area contributed by atoms with Gasteiger partial charge in [0.15, 0.2) is 0 Å². The highest BCUT2D eigenvalue weighted by Crippen LogP contribution is 1.93. The van der Waals surface area contributed by atoms with E-state index in [4.69, 9.17) is 10.8 Å². The predicted octanol–water partition coefficient (Wildman–Crippen LogP) is -1.72. The standard InChI is InChI=1S/C7H14N2O4S/c1-14(13)3-2-5(8)7(12)9-4-6(10)11/h5H,2-4,8H2,1H3,(H,9,12)(H,10,11)/t5-,14?/m0/s1. The van der Waals surface area contributed by atoms with Crippen molar-refractivity contribution >= 4 is 23.1 Å². The van der Waals surface area contributed by atoms with E-state index < -0.39 is 35.6 Å². The second-order valence-electron chi connectivity index (χ2n) is 2.78. The number of nitrogens with one attached hydrogen (secondary N) is 1. The van der Waals surface area contributed by atoms with Crippen LogP contribution in [-0.2, 0) is 20.8 Å². The number of carbonyl (C=O) groups is 2. The molecule has 0 heterocycles. The molecule has 0 spiro atoms. The Morgan fingerprint density at radius 1 is 1.64 bits per heavy atom. The van der Waals surface area contributed by atoms with Crippen LogP contribution in [0.15, 0.2) is 0 Å². The first kappa shape index (κ1) is 13.2. The molecule has 14 heavy (non-hydrogen) atoms. The molecule has 7 heteroatoms. The fraction of sp³-hybridized carbons (Fsp3) is 0.714. The molecule has 0 aliphatic rings. The number of hydrogen-bond acceptors (Lipinski definition) is 4. The first-order valence-corrected chi connectivity index (χ1v) is 5.71. The van der Waals surface area contributed by atoms with Gasteiger partial charge in [-0.25, -0.2) is 0 Å². The molecule has 0 aliphatic heterocycles. The van der Waals surface area contributed by atoms with Gasteiger partial charge in [-0.05, 0) is 0 Å². The lowest BCUT2D eigenvalue weighted by Gasteiger charge is -2.11. The highest BCUT2D eigenvalue weighted by Gasteiger charge is 2.15. The first-order valence-electron chi connectivity index (χ1n) is 3.98. The van der Waals surface area contributed by atoms with Gasteiger partial charge in [-0.3, -0.25) is 9.59 Å². The maximum atomic E-state index is 11.1. The van der Waals surface area contributed by atoms with E-state index in [0.29, 0.717) is 5.75 Å². The van der Waals surface area contributed by atoms with Crippen molar-refractivity contribution in [3.63, 3.8) is 0 Å². The summed E-state index contributed by atoms with van der Waals surface area (Å²) in [5, 5.41) is 10.4. The minimum Gasteiger partial charge on any atom is -0.617 e. The van der Waals surface area contributed by atoms with Crippen molar-refractivity contribution in [3.05, 3.63) is 0 Å². The summed E-state index contributed by atoms with van der Waals surface area (Å²) >= 11 is -0.992. The lowest BCUT2D eigenvalue weighted by atomic mass is 10.2. The Kier molecular flexibility index (Phi) is 6.26. The lowest BCUT2D eigenvalue weighted by molar-refractivity contribution is -0.138. The van der Waals surface area contributed by atoms with Crippen molar-refractivity contribution in [1.82, 2.24) is 5.32 Å². The van der Waals surface area contributed by atoms with Gasteiger partial charge in [0.2, 0.25) is 5.91 Å². The molecule has 0 saturated heterocycles. The van der Waals surface area contributed by atoms with Gasteiger partial charge in [0, 0.05) is 6.42 Å². The Bertz CT molecular complexity index is 210. The van der Waals surface area contributed by atoms with Crippen molar-refractivity contribution in [1.29, 1.82) is 0 Å². The SMILES string of the molecule is C[S+]([O-])CC[C@H](N)C(=O)NCC(=O)O. The van der Waals surface area contributed by atoms with Crippen LogP contribution in [0.25, 0.3) is 0 Å². The number of carboxylic acids is 1. The van der Waals surface area contributed by atoms with Gasteiger partial charge in [0.05, 0.1) is 12.3 Å². The third-order valence-corrected chi connectivity index (χ3v) is 2.28. The largest absolute Gasteiger partial charge is 0.617 e. The van der Waals surface area contributed by atoms with Crippen LogP contribution in [-0.4, -0.2) is 46.1 Å². The molecule has 6 nitrogen and oxygen atoms in total. The number of nitrogens with two attached hydrogens (primary N) is 1. The Morgan fingerprint density at radius 2 is 2.21 bits per heavy atom. The quantitative estimate of drug-likeness (QED) is 0.462. The van der Waals surface area contributed by atoms with Crippen LogP contribution < -0.4 is 11.1 Å². The van der Waals surface area contributed by atoms with Gasteiger partial charge in [0.1, 0.15) is 12.3 Å². The van der Waals surface area contributed by atoms with Gasteiger partial charge in [-0.1, -0.05) is 11.2 Å². The van der Waals surface area contributed by atoms with Crippen molar-refractivity contribution in [2.75, 3.05) is 18.6 Å². The molecule has 2 atom stereocenters. The Hall–Kier alpha value is -0.790. The maximum Gasteiger partial charge on any atom is 0.322 e. The first-order chi connectivity index (χ1) is 6.43. The van der Waals surface area contributed by atoms with Gasteiger partial charge in [-0.2, -0.15) is 0 Å². The summed E-state index contributed by atoms with van der Waals surface area (Å²) in [6.45, 7) is -0.443. The van der Waals surface area contributed by atoms with E-state index in [1.165, 1.54) is 6.26 Å². The molecule has 0 aromatic carbocycles. The minimum atomic E-state index is -1.12. The second-order valence-corrected chi connectivity index (χ2v) is 4.34. The highest BCUT2D eigenvalue weighted by molar-refractivity contribution is 7.90. The summed E-state index contributed by atoms with van der Waals surface area (Å²) in [4.78, 5) is 21.1. The zero-order valence-corrected chi connectivity index (χ0v) is 8.67. The van der Waals surface area contributed by atoms with Crippen molar-refractivity contribution in [3.8, 4) is 0 Å². The highest BCUT2D eigenvalue weighted by atomic mass is 32.2. The molecule has 4 N–H and O–H groups in total. The molecular formula is C7H14N2O4S. The summed E-state index contributed by atoms with van der Waals surface area (Å²) in [5.74, 6) is -1.32. The molecule has 0 aromatic rings. The number of carboxylic acid groups (broad SMARTS) is 1. The van der Waals surface area contributed by atoms with E-state index in [0.717, 1.165) is 0 Å². The number of aliphatic carboxylic acids is 1. The van der Waals surface area contributed by atoms with E-state index in [1.807, 2.05) is 0 Å². The molecular weight excluding hydrogens is 208 g/mol. The number of hydrogen-bond donors (Lipinski definition) is 3. The smallest absolute Gasteiger partial charge is 0.322 e. The van der Waals surface area contributed by atoms with Gasteiger partial charge < -0.3 is 20.7 Å². The van der Waals surface area contributed by atoms with Crippen molar-refractivity contribution < 1.29 is 19.2 Å². The molecule has 1 amide bonds. The molecule has 1 unspecified atom stereocenters. The van der Waals surface area contributed by atoms with Crippen LogP contribution in [0.2, 0.25) is 0 Å². The summed E-state index contributed by atoms with van der Waals surface area (Å²) in [5.41, 5.74) is 5.41. The van der Waals surface area contributed by atoms with Crippen LogP contribution in [0, 0.1) is 0 Å². The Balaban J connectivity index is 3.70. The monoisotopic (exact) mass is 222 g/mol. The van der Waals surface area contributed by atoms with Gasteiger partial charge in [0.25, 0.3) is 0 Å². The van der Waals surface area contributed by atoms with E-state index in [2.05, 4.69) is 5.32 Å².